The van der Waals surface area contributed by atoms with Gasteiger partial charge >= 0.3 is 5.97 Å². The molecule has 0 bridgehead atoms. The van der Waals surface area contributed by atoms with Crippen LogP contribution in [0.4, 0.5) is 0 Å². The highest BCUT2D eigenvalue weighted by Crippen LogP contribution is 2.35. The lowest BCUT2D eigenvalue weighted by atomic mass is 10.1. The zero-order chi connectivity index (χ0) is 18.8. The Kier molecular flexibility index (Phi) is 4.82. The minimum absolute atomic E-state index is 0.0716. The minimum Gasteiger partial charge on any atom is -0.481 e. The number of carboxylic acids is 1. The number of carboxylic acid groups (broad SMARTS) is 1. The van der Waals surface area contributed by atoms with Gasteiger partial charge in [-0.15, -0.1) is 5.10 Å². The summed E-state index contributed by atoms with van der Waals surface area (Å²) in [5.41, 5.74) is 0.891. The molecular weight excluding hydrogens is 354 g/mol. The van der Waals surface area contributed by atoms with E-state index in [1.807, 2.05) is 30.3 Å². The molecule has 142 valence electrons. The molecule has 27 heavy (non-hydrogen) atoms. The number of nitrogens with one attached hydrogen (secondary N) is 1. The van der Waals surface area contributed by atoms with E-state index in [9.17, 15) is 9.59 Å². The first kappa shape index (κ1) is 17.6. The van der Waals surface area contributed by atoms with E-state index in [1.165, 1.54) is 0 Å². The summed E-state index contributed by atoms with van der Waals surface area (Å²) in [5.74, 6) is -0.705. The molecule has 2 aliphatic heterocycles. The number of aromatic nitrogens is 4. The summed E-state index contributed by atoms with van der Waals surface area (Å²) in [6, 6.07) is 9.07. The smallest absolute Gasteiger partial charge is 0.303 e. The Morgan fingerprint density at radius 1 is 1.15 bits per heavy atom. The van der Waals surface area contributed by atoms with Gasteiger partial charge in [0.15, 0.2) is 5.82 Å². The van der Waals surface area contributed by atoms with Crippen molar-refractivity contribution in [2.75, 3.05) is 13.2 Å². The molecule has 2 saturated heterocycles. The van der Waals surface area contributed by atoms with E-state index in [0.29, 0.717) is 19.0 Å². The molecule has 2 N–H and O–H groups in total. The number of hydrogen-bond acceptors (Lipinski definition) is 7. The average molecular weight is 373 g/mol. The standard InChI is InChI=1S/C17H19N5O5/c23-13(6-7-14(24)25)18-11-8-26-16-12(9-27-15(11)16)22-17(19-20-21-22)10-4-2-1-3-5-10/h1-5,11-12,15-16H,6-9H2,(H,18,23)(H,24,25)/t11-,12+,15-,16+/m0/s1. The van der Waals surface area contributed by atoms with Crippen LogP contribution in [0.3, 0.4) is 0 Å². The lowest BCUT2D eigenvalue weighted by molar-refractivity contribution is -0.139. The van der Waals surface area contributed by atoms with Crippen LogP contribution in [-0.2, 0) is 19.1 Å². The van der Waals surface area contributed by atoms with Gasteiger partial charge in [0.25, 0.3) is 0 Å². The zero-order valence-corrected chi connectivity index (χ0v) is 14.4. The molecule has 1 aromatic carbocycles. The quantitative estimate of drug-likeness (QED) is 0.726. The Hall–Kier alpha value is -2.85. The van der Waals surface area contributed by atoms with Gasteiger partial charge in [0.05, 0.1) is 25.7 Å². The SMILES string of the molecule is O=C(O)CCC(=O)N[C@H]1CO[C@H]2[C@H]1OC[C@H]2n1nnnc1-c1ccccc1. The van der Waals surface area contributed by atoms with Gasteiger partial charge in [0.2, 0.25) is 5.91 Å². The van der Waals surface area contributed by atoms with Gasteiger partial charge < -0.3 is 19.9 Å². The van der Waals surface area contributed by atoms with Crippen molar-refractivity contribution in [3.63, 3.8) is 0 Å². The lowest BCUT2D eigenvalue weighted by Gasteiger charge is -2.18. The number of fused-ring (bicyclic) bond motifs is 1. The van der Waals surface area contributed by atoms with Crippen LogP contribution in [0.2, 0.25) is 0 Å². The third kappa shape index (κ3) is 3.53. The number of aliphatic carboxylic acids is 1. The molecule has 0 aliphatic carbocycles. The molecule has 0 saturated carbocycles. The van der Waals surface area contributed by atoms with Crippen LogP contribution in [0.15, 0.2) is 30.3 Å². The summed E-state index contributed by atoms with van der Waals surface area (Å²) in [6.07, 6.45) is -0.892. The maximum Gasteiger partial charge on any atom is 0.303 e. The van der Waals surface area contributed by atoms with Crippen molar-refractivity contribution in [3.05, 3.63) is 30.3 Å². The van der Waals surface area contributed by atoms with Gasteiger partial charge in [0.1, 0.15) is 18.2 Å². The molecule has 4 atom stereocenters. The first-order chi connectivity index (χ1) is 13.1. The second-order valence-electron chi connectivity index (χ2n) is 6.54. The van der Waals surface area contributed by atoms with Crippen LogP contribution in [-0.4, -0.2) is 68.7 Å². The zero-order valence-electron chi connectivity index (χ0n) is 14.4. The summed E-state index contributed by atoms with van der Waals surface area (Å²) in [5, 5.41) is 23.5. The van der Waals surface area contributed by atoms with Crippen LogP contribution in [0.1, 0.15) is 18.9 Å². The van der Waals surface area contributed by atoms with Crippen molar-refractivity contribution in [1.82, 2.24) is 25.5 Å². The Morgan fingerprint density at radius 2 is 1.93 bits per heavy atom. The van der Waals surface area contributed by atoms with E-state index in [4.69, 9.17) is 14.6 Å². The fourth-order valence-corrected chi connectivity index (χ4v) is 3.51. The molecule has 10 heteroatoms. The number of hydrogen-bond donors (Lipinski definition) is 2. The summed E-state index contributed by atoms with van der Waals surface area (Å²) in [4.78, 5) is 22.5. The Labute approximate surface area is 154 Å². The lowest BCUT2D eigenvalue weighted by Crippen LogP contribution is -2.44. The van der Waals surface area contributed by atoms with E-state index in [-0.39, 0.29) is 43.0 Å². The summed E-state index contributed by atoms with van der Waals surface area (Å²) >= 11 is 0. The largest absolute Gasteiger partial charge is 0.481 e. The highest BCUT2D eigenvalue weighted by molar-refractivity contribution is 5.80. The predicted molar refractivity (Wildman–Crippen MR) is 90.6 cm³/mol. The third-order valence-corrected chi connectivity index (χ3v) is 4.78. The highest BCUT2D eigenvalue weighted by Gasteiger charge is 2.50. The van der Waals surface area contributed by atoms with Crippen molar-refractivity contribution >= 4 is 11.9 Å². The van der Waals surface area contributed by atoms with Crippen molar-refractivity contribution < 1.29 is 24.2 Å². The van der Waals surface area contributed by atoms with Crippen LogP contribution in [0.5, 0.6) is 0 Å². The molecule has 1 aromatic heterocycles. The average Bonchev–Trinajstić information content (AvgIpc) is 3.38. The number of amides is 1. The maximum absolute atomic E-state index is 11.9. The van der Waals surface area contributed by atoms with Gasteiger partial charge in [-0.05, 0) is 10.4 Å². The van der Waals surface area contributed by atoms with Crippen LogP contribution in [0.25, 0.3) is 11.4 Å². The molecule has 0 spiro atoms. The van der Waals surface area contributed by atoms with Gasteiger partial charge in [-0.1, -0.05) is 30.3 Å². The Bertz CT molecular complexity index is 826. The monoisotopic (exact) mass is 373 g/mol. The number of ether oxygens (including phenoxy) is 2. The molecule has 1 amide bonds. The molecule has 3 heterocycles. The number of carbonyl (C=O) groups excluding carboxylic acids is 1. The van der Waals surface area contributed by atoms with E-state index in [1.54, 1.807) is 4.68 Å². The molecule has 2 aromatic rings. The van der Waals surface area contributed by atoms with E-state index in [0.717, 1.165) is 5.56 Å². The number of benzene rings is 1. The van der Waals surface area contributed by atoms with Crippen LogP contribution >= 0.6 is 0 Å². The third-order valence-electron chi connectivity index (χ3n) is 4.78. The maximum atomic E-state index is 11.9. The van der Waals surface area contributed by atoms with Crippen molar-refractivity contribution in [2.24, 2.45) is 0 Å². The number of carbonyl (C=O) groups is 2. The fraction of sp³-hybridized carbons (Fsp3) is 0.471. The number of nitrogens with zero attached hydrogens (tertiary/aromatic N) is 4. The molecule has 2 fully saturated rings. The van der Waals surface area contributed by atoms with Crippen molar-refractivity contribution in [2.45, 2.75) is 37.1 Å². The van der Waals surface area contributed by atoms with Gasteiger partial charge in [-0.3, -0.25) is 9.59 Å². The Morgan fingerprint density at radius 3 is 2.70 bits per heavy atom. The predicted octanol–water partition coefficient (Wildman–Crippen LogP) is 0.0284. The Balaban J connectivity index is 1.45. The molecule has 2 aliphatic rings. The van der Waals surface area contributed by atoms with Gasteiger partial charge in [0, 0.05) is 12.0 Å². The molecule has 4 rings (SSSR count). The second-order valence-corrected chi connectivity index (χ2v) is 6.54. The van der Waals surface area contributed by atoms with E-state index in [2.05, 4.69) is 20.8 Å². The molecule has 0 radical (unpaired) electrons. The van der Waals surface area contributed by atoms with Crippen molar-refractivity contribution in [1.29, 1.82) is 0 Å². The normalized spacial score (nSPS) is 26.7. The topological polar surface area (TPSA) is 128 Å². The minimum atomic E-state index is -1.00. The van der Waals surface area contributed by atoms with Crippen LogP contribution in [0, 0.1) is 0 Å². The molecule has 0 unspecified atom stereocenters. The van der Waals surface area contributed by atoms with E-state index >= 15 is 0 Å². The number of rotatable bonds is 6. The first-order valence-electron chi connectivity index (χ1n) is 8.71. The number of tetrazole rings is 1. The fourth-order valence-electron chi connectivity index (χ4n) is 3.51. The highest BCUT2D eigenvalue weighted by atomic mass is 16.6. The molecule has 10 nitrogen and oxygen atoms in total. The van der Waals surface area contributed by atoms with Crippen molar-refractivity contribution in [3.8, 4) is 11.4 Å². The second kappa shape index (κ2) is 7.41. The first-order valence-corrected chi connectivity index (χ1v) is 8.71. The summed E-state index contributed by atoms with van der Waals surface area (Å²) in [6.45, 7) is 0.662. The van der Waals surface area contributed by atoms with Crippen LogP contribution < -0.4 is 5.32 Å². The van der Waals surface area contributed by atoms with Gasteiger partial charge in [-0.25, -0.2) is 4.68 Å². The summed E-state index contributed by atoms with van der Waals surface area (Å²) < 4.78 is 13.4. The molecular formula is C17H19N5O5. The summed E-state index contributed by atoms with van der Waals surface area (Å²) in [7, 11) is 0. The van der Waals surface area contributed by atoms with Gasteiger partial charge in [-0.2, -0.15) is 0 Å². The van der Waals surface area contributed by atoms with E-state index < -0.39 is 5.97 Å².